The van der Waals surface area contributed by atoms with Crippen molar-refractivity contribution in [3.63, 3.8) is 0 Å². The first-order valence-corrected chi connectivity index (χ1v) is 6.63. The number of hydrogen-bond donors (Lipinski definition) is 1. The Bertz CT molecular complexity index is 762. The van der Waals surface area contributed by atoms with E-state index in [1.54, 1.807) is 0 Å². The molecule has 0 aliphatic heterocycles. The number of amides is 1. The number of halogens is 1. The Balaban J connectivity index is 2.46. The summed E-state index contributed by atoms with van der Waals surface area (Å²) in [5.41, 5.74) is 7.86. The summed E-state index contributed by atoms with van der Waals surface area (Å²) in [7, 11) is 0. The summed E-state index contributed by atoms with van der Waals surface area (Å²) < 4.78 is 2.61. The van der Waals surface area contributed by atoms with Crippen molar-refractivity contribution in [3.05, 3.63) is 64.8 Å². The highest BCUT2D eigenvalue weighted by Crippen LogP contribution is 2.33. The first-order valence-electron chi connectivity index (χ1n) is 5.84. The van der Waals surface area contributed by atoms with Gasteiger partial charge in [0.2, 0.25) is 0 Å². The van der Waals surface area contributed by atoms with Gasteiger partial charge in [-0.25, -0.2) is 0 Å². The van der Waals surface area contributed by atoms with Gasteiger partial charge in [-0.2, -0.15) is 0 Å². The monoisotopic (exact) mass is 314 g/mol. The maximum Gasteiger partial charge on any atom is 0.266 e. The molecule has 94 valence electrons. The van der Waals surface area contributed by atoms with Crippen LogP contribution in [0.2, 0.25) is 0 Å². The average Bonchev–Trinajstić information content (AvgIpc) is 2.74. The van der Waals surface area contributed by atoms with Crippen LogP contribution in [0.25, 0.3) is 16.6 Å². The van der Waals surface area contributed by atoms with Crippen LogP contribution in [-0.2, 0) is 0 Å². The molecule has 1 heterocycles. The van der Waals surface area contributed by atoms with E-state index in [-0.39, 0.29) is 0 Å². The zero-order valence-electron chi connectivity index (χ0n) is 10.0. The van der Waals surface area contributed by atoms with Crippen LogP contribution < -0.4 is 5.73 Å². The molecule has 0 saturated carbocycles. The smallest absolute Gasteiger partial charge is 0.266 e. The number of fused-ring (bicyclic) bond motifs is 1. The first-order chi connectivity index (χ1) is 9.20. The predicted octanol–water partition coefficient (Wildman–Crippen LogP) is 3.49. The lowest BCUT2D eigenvalue weighted by Gasteiger charge is -2.08. The number of para-hydroxylation sites is 2. The van der Waals surface area contributed by atoms with E-state index < -0.39 is 5.91 Å². The molecule has 4 heteroatoms. The van der Waals surface area contributed by atoms with Crippen LogP contribution in [-0.4, -0.2) is 10.5 Å². The summed E-state index contributed by atoms with van der Waals surface area (Å²) in [4.78, 5) is 11.8. The highest BCUT2D eigenvalue weighted by Gasteiger charge is 2.19. The topological polar surface area (TPSA) is 48.0 Å². The van der Waals surface area contributed by atoms with E-state index in [0.29, 0.717) is 5.69 Å². The van der Waals surface area contributed by atoms with E-state index in [0.717, 1.165) is 21.1 Å². The summed E-state index contributed by atoms with van der Waals surface area (Å²) in [6.45, 7) is 0. The van der Waals surface area contributed by atoms with Gasteiger partial charge in [-0.05, 0) is 34.1 Å². The highest BCUT2D eigenvalue weighted by atomic mass is 79.9. The minimum Gasteiger partial charge on any atom is -0.364 e. The quantitative estimate of drug-likeness (QED) is 0.773. The Kier molecular flexibility index (Phi) is 2.87. The Labute approximate surface area is 118 Å². The van der Waals surface area contributed by atoms with Gasteiger partial charge in [0, 0.05) is 11.1 Å². The Morgan fingerprint density at radius 3 is 2.32 bits per heavy atom. The van der Waals surface area contributed by atoms with Crippen LogP contribution in [0, 0.1) is 0 Å². The van der Waals surface area contributed by atoms with Crippen molar-refractivity contribution in [3.8, 4) is 5.69 Å². The third kappa shape index (κ3) is 1.85. The molecule has 3 rings (SSSR count). The molecule has 19 heavy (non-hydrogen) atoms. The van der Waals surface area contributed by atoms with Crippen molar-refractivity contribution in [2.45, 2.75) is 0 Å². The van der Waals surface area contributed by atoms with Crippen LogP contribution >= 0.6 is 15.9 Å². The second-order valence-corrected chi connectivity index (χ2v) is 5.01. The molecule has 0 bridgehead atoms. The van der Waals surface area contributed by atoms with Crippen LogP contribution in [0.4, 0.5) is 0 Å². The van der Waals surface area contributed by atoms with Crippen molar-refractivity contribution in [2.75, 3.05) is 0 Å². The molecule has 3 nitrogen and oxygen atoms in total. The molecule has 0 aliphatic carbocycles. The van der Waals surface area contributed by atoms with Gasteiger partial charge in [0.25, 0.3) is 5.91 Å². The Hall–Kier alpha value is -2.07. The fourth-order valence-electron chi connectivity index (χ4n) is 2.26. The number of carbonyl (C=O) groups excluding carboxylic acids is 1. The van der Waals surface area contributed by atoms with E-state index in [4.69, 9.17) is 5.73 Å². The molecule has 0 aliphatic rings. The molecule has 2 aromatic carbocycles. The van der Waals surface area contributed by atoms with Gasteiger partial charge in [0.1, 0.15) is 5.69 Å². The summed E-state index contributed by atoms with van der Waals surface area (Å²) >= 11 is 3.48. The summed E-state index contributed by atoms with van der Waals surface area (Å²) in [6.07, 6.45) is 0. The minimum atomic E-state index is -0.452. The number of primary amides is 1. The van der Waals surface area contributed by atoms with Gasteiger partial charge in [-0.3, -0.25) is 4.79 Å². The lowest BCUT2D eigenvalue weighted by atomic mass is 10.2. The van der Waals surface area contributed by atoms with Gasteiger partial charge < -0.3 is 10.3 Å². The maximum absolute atomic E-state index is 11.8. The Morgan fingerprint density at radius 1 is 1.00 bits per heavy atom. The van der Waals surface area contributed by atoms with Crippen LogP contribution in [0.3, 0.4) is 0 Å². The molecule has 0 radical (unpaired) electrons. The Morgan fingerprint density at radius 2 is 1.63 bits per heavy atom. The molecular weight excluding hydrogens is 304 g/mol. The number of benzene rings is 2. The standard InChI is InChI=1S/C15H11BrN2O/c16-13-11-8-4-5-9-12(11)18(14(13)15(17)19)10-6-2-1-3-7-10/h1-9H,(H2,17,19). The van der Waals surface area contributed by atoms with Crippen molar-refractivity contribution < 1.29 is 4.79 Å². The molecule has 1 aromatic heterocycles. The average molecular weight is 315 g/mol. The van der Waals surface area contributed by atoms with Gasteiger partial charge in [0.15, 0.2) is 0 Å². The lowest BCUT2D eigenvalue weighted by Crippen LogP contribution is -2.16. The molecule has 0 fully saturated rings. The molecule has 0 saturated heterocycles. The van der Waals surface area contributed by atoms with Crippen molar-refractivity contribution in [1.29, 1.82) is 0 Å². The summed E-state index contributed by atoms with van der Waals surface area (Å²) in [5, 5.41) is 0.972. The number of rotatable bonds is 2. The van der Waals surface area contributed by atoms with Crippen LogP contribution in [0.1, 0.15) is 10.5 Å². The van der Waals surface area contributed by atoms with Gasteiger partial charge in [-0.15, -0.1) is 0 Å². The second kappa shape index (κ2) is 4.55. The molecular formula is C15H11BrN2O. The molecule has 2 N–H and O–H groups in total. The van der Waals surface area contributed by atoms with E-state index in [2.05, 4.69) is 15.9 Å². The van der Waals surface area contributed by atoms with E-state index in [1.165, 1.54) is 0 Å². The van der Waals surface area contributed by atoms with Crippen LogP contribution in [0.15, 0.2) is 59.1 Å². The van der Waals surface area contributed by atoms with Crippen molar-refractivity contribution in [2.24, 2.45) is 5.73 Å². The van der Waals surface area contributed by atoms with Gasteiger partial charge in [0.05, 0.1) is 9.99 Å². The number of carbonyl (C=O) groups is 1. The van der Waals surface area contributed by atoms with E-state index in [1.807, 2.05) is 59.2 Å². The second-order valence-electron chi connectivity index (χ2n) is 4.21. The number of nitrogens with two attached hydrogens (primary N) is 1. The largest absolute Gasteiger partial charge is 0.364 e. The number of hydrogen-bond acceptors (Lipinski definition) is 1. The van der Waals surface area contributed by atoms with Crippen molar-refractivity contribution >= 4 is 32.7 Å². The predicted molar refractivity (Wildman–Crippen MR) is 79.5 cm³/mol. The third-order valence-corrected chi connectivity index (χ3v) is 3.86. The normalized spacial score (nSPS) is 10.8. The van der Waals surface area contributed by atoms with Crippen LogP contribution in [0.5, 0.6) is 0 Å². The molecule has 0 atom stereocenters. The third-order valence-electron chi connectivity index (χ3n) is 3.06. The first kappa shape index (κ1) is 12.0. The van der Waals surface area contributed by atoms with Gasteiger partial charge >= 0.3 is 0 Å². The number of nitrogens with zero attached hydrogens (tertiary/aromatic N) is 1. The number of aromatic nitrogens is 1. The minimum absolute atomic E-state index is 0.452. The fraction of sp³-hybridized carbons (Fsp3) is 0. The van der Waals surface area contributed by atoms with Crippen molar-refractivity contribution in [1.82, 2.24) is 4.57 Å². The molecule has 0 unspecified atom stereocenters. The van der Waals surface area contributed by atoms with E-state index >= 15 is 0 Å². The fourth-order valence-corrected chi connectivity index (χ4v) is 2.97. The summed E-state index contributed by atoms with van der Waals surface area (Å²) in [5.74, 6) is -0.452. The van der Waals surface area contributed by atoms with Gasteiger partial charge in [-0.1, -0.05) is 36.4 Å². The zero-order chi connectivity index (χ0) is 13.4. The van der Waals surface area contributed by atoms with E-state index in [9.17, 15) is 4.79 Å². The molecule has 0 spiro atoms. The SMILES string of the molecule is NC(=O)c1c(Br)c2ccccc2n1-c1ccccc1. The summed E-state index contributed by atoms with van der Waals surface area (Å²) in [6, 6.07) is 17.5. The lowest BCUT2D eigenvalue weighted by molar-refractivity contribution is 0.0993. The molecule has 3 aromatic rings. The zero-order valence-corrected chi connectivity index (χ0v) is 11.6. The molecule has 1 amide bonds. The highest BCUT2D eigenvalue weighted by molar-refractivity contribution is 9.10. The maximum atomic E-state index is 11.8.